The molecule has 0 spiro atoms. The van der Waals surface area contributed by atoms with Gasteiger partial charge in [-0.3, -0.25) is 0 Å². The quantitative estimate of drug-likeness (QED) is 0.742. The number of nitrogens with zero attached hydrogens (tertiary/aromatic N) is 2. The third-order valence-electron chi connectivity index (χ3n) is 2.43. The Balaban J connectivity index is 2.28. The van der Waals surface area contributed by atoms with Crippen molar-refractivity contribution in [3.05, 3.63) is 35.6 Å². The van der Waals surface area contributed by atoms with Crippen LogP contribution >= 0.6 is 11.8 Å². The summed E-state index contributed by atoms with van der Waals surface area (Å²) in [7, 11) is 0. The van der Waals surface area contributed by atoms with E-state index in [9.17, 15) is 4.39 Å². The number of hydrogen-bond acceptors (Lipinski definition) is 6. The summed E-state index contributed by atoms with van der Waals surface area (Å²) < 4.78 is 13.9. The second-order valence-corrected chi connectivity index (χ2v) is 5.09. The predicted molar refractivity (Wildman–Crippen MR) is 74.0 cm³/mol. The molecule has 5 nitrogen and oxygen atoms in total. The Morgan fingerprint density at radius 3 is 2.32 bits per heavy atom. The molecule has 0 aliphatic heterocycles. The zero-order chi connectivity index (χ0) is 14.0. The summed E-state index contributed by atoms with van der Waals surface area (Å²) in [5.74, 6) is 0.134. The van der Waals surface area contributed by atoms with E-state index in [0.29, 0.717) is 10.1 Å². The lowest BCUT2D eigenvalue weighted by Gasteiger charge is -2.08. The summed E-state index contributed by atoms with van der Waals surface area (Å²) in [4.78, 5) is 8.37. The van der Waals surface area contributed by atoms with E-state index in [-0.39, 0.29) is 23.5 Å². The van der Waals surface area contributed by atoms with Crippen LogP contribution in [0.3, 0.4) is 0 Å². The number of hydrogen-bond donors (Lipinski definition) is 3. The van der Waals surface area contributed by atoms with Crippen molar-refractivity contribution in [3.63, 3.8) is 0 Å². The molecule has 0 unspecified atom stereocenters. The number of halogens is 1. The maximum atomic E-state index is 13.9. The largest absolute Gasteiger partial charge is 0.383 e. The van der Waals surface area contributed by atoms with Crippen LogP contribution in [0.1, 0.15) is 18.5 Å². The van der Waals surface area contributed by atoms with Gasteiger partial charge in [0.1, 0.15) is 17.5 Å². The molecular weight excluding hydrogens is 265 g/mol. The number of nitrogen functional groups attached to an aromatic ring is 2. The fraction of sp³-hybridized carbons (Fsp3) is 0.167. The van der Waals surface area contributed by atoms with E-state index in [0.717, 1.165) is 17.3 Å². The maximum Gasteiger partial charge on any atom is 0.196 e. The molecule has 6 N–H and O–H groups in total. The number of anilines is 2. The number of aromatic nitrogens is 2. The van der Waals surface area contributed by atoms with Gasteiger partial charge < -0.3 is 17.2 Å². The fourth-order valence-corrected chi connectivity index (χ4v) is 2.28. The third-order valence-corrected chi connectivity index (χ3v) is 3.34. The molecular formula is C12H14FN5S. The van der Waals surface area contributed by atoms with Crippen molar-refractivity contribution < 1.29 is 4.39 Å². The average Bonchev–Trinajstić information content (AvgIpc) is 2.30. The lowest BCUT2D eigenvalue weighted by molar-refractivity contribution is 0.596. The van der Waals surface area contributed by atoms with Crippen molar-refractivity contribution in [2.75, 3.05) is 11.5 Å². The second kappa shape index (κ2) is 5.41. The summed E-state index contributed by atoms with van der Waals surface area (Å²) in [6.07, 6.45) is 0. The molecule has 0 aliphatic rings. The first-order valence-corrected chi connectivity index (χ1v) is 6.40. The number of nitrogens with two attached hydrogens (primary N) is 3. The van der Waals surface area contributed by atoms with E-state index in [1.54, 1.807) is 19.1 Å². The van der Waals surface area contributed by atoms with Crippen molar-refractivity contribution in [2.24, 2.45) is 5.73 Å². The van der Waals surface area contributed by atoms with Crippen molar-refractivity contribution in [2.45, 2.75) is 23.0 Å². The molecule has 1 aromatic heterocycles. The van der Waals surface area contributed by atoms with Gasteiger partial charge >= 0.3 is 0 Å². The molecule has 19 heavy (non-hydrogen) atoms. The summed E-state index contributed by atoms with van der Waals surface area (Å²) >= 11 is 1.06. The van der Waals surface area contributed by atoms with Gasteiger partial charge in [0.2, 0.25) is 0 Å². The van der Waals surface area contributed by atoms with Crippen LogP contribution in [0.4, 0.5) is 16.0 Å². The SMILES string of the molecule is C[C@@H](N)c1ccc(Sc2nc(N)cc(N)n2)c(F)c1. The average molecular weight is 279 g/mol. The third kappa shape index (κ3) is 3.33. The smallest absolute Gasteiger partial charge is 0.196 e. The van der Waals surface area contributed by atoms with Crippen molar-refractivity contribution in [1.29, 1.82) is 0 Å². The van der Waals surface area contributed by atoms with Crippen molar-refractivity contribution in [1.82, 2.24) is 9.97 Å². The molecule has 1 heterocycles. The zero-order valence-corrected chi connectivity index (χ0v) is 11.1. The topological polar surface area (TPSA) is 104 Å². The van der Waals surface area contributed by atoms with Gasteiger partial charge in [-0.05, 0) is 36.4 Å². The molecule has 0 aliphatic carbocycles. The molecule has 0 saturated carbocycles. The van der Waals surface area contributed by atoms with E-state index < -0.39 is 0 Å². The Hall–Kier alpha value is -1.86. The molecule has 0 radical (unpaired) electrons. The minimum atomic E-state index is -0.371. The molecule has 2 aromatic rings. The van der Waals surface area contributed by atoms with Crippen LogP contribution < -0.4 is 17.2 Å². The highest BCUT2D eigenvalue weighted by Gasteiger charge is 2.10. The van der Waals surface area contributed by atoms with E-state index in [1.165, 1.54) is 12.1 Å². The minimum absolute atomic E-state index is 0.215. The zero-order valence-electron chi connectivity index (χ0n) is 10.3. The van der Waals surface area contributed by atoms with Crippen LogP contribution in [0.2, 0.25) is 0 Å². The first kappa shape index (κ1) is 13.6. The Kier molecular flexibility index (Phi) is 3.87. The van der Waals surface area contributed by atoms with Crippen molar-refractivity contribution >= 4 is 23.4 Å². The van der Waals surface area contributed by atoms with Crippen molar-refractivity contribution in [3.8, 4) is 0 Å². The lowest BCUT2D eigenvalue weighted by atomic mass is 10.1. The highest BCUT2D eigenvalue weighted by molar-refractivity contribution is 7.99. The van der Waals surface area contributed by atoms with Gasteiger partial charge in [-0.1, -0.05) is 6.07 Å². The first-order chi connectivity index (χ1) is 8.95. The van der Waals surface area contributed by atoms with Crippen LogP contribution in [-0.4, -0.2) is 9.97 Å². The highest BCUT2D eigenvalue weighted by Crippen LogP contribution is 2.29. The normalized spacial score (nSPS) is 12.4. The van der Waals surface area contributed by atoms with Crippen LogP contribution in [0.15, 0.2) is 34.3 Å². The van der Waals surface area contributed by atoms with Gasteiger partial charge in [-0.15, -0.1) is 0 Å². The second-order valence-electron chi connectivity index (χ2n) is 4.08. The van der Waals surface area contributed by atoms with Gasteiger partial charge in [0.25, 0.3) is 0 Å². The lowest BCUT2D eigenvalue weighted by Crippen LogP contribution is -2.05. The van der Waals surface area contributed by atoms with Gasteiger partial charge in [0.15, 0.2) is 5.16 Å². The minimum Gasteiger partial charge on any atom is -0.383 e. The summed E-state index contributed by atoms with van der Waals surface area (Å²) in [5, 5.41) is 0.310. The predicted octanol–water partition coefficient (Wildman–Crippen LogP) is 1.95. The van der Waals surface area contributed by atoms with E-state index in [2.05, 4.69) is 9.97 Å². The van der Waals surface area contributed by atoms with E-state index in [4.69, 9.17) is 17.2 Å². The van der Waals surface area contributed by atoms with Crippen LogP contribution in [0.5, 0.6) is 0 Å². The Bertz CT molecular complexity index is 582. The summed E-state index contributed by atoms with van der Waals surface area (Å²) in [6.45, 7) is 1.79. The van der Waals surface area contributed by atoms with Gasteiger partial charge in [0, 0.05) is 12.1 Å². The molecule has 1 aromatic carbocycles. The van der Waals surface area contributed by atoms with Gasteiger partial charge in [-0.2, -0.15) is 0 Å². The van der Waals surface area contributed by atoms with Gasteiger partial charge in [0.05, 0.1) is 4.90 Å². The molecule has 0 saturated heterocycles. The number of benzene rings is 1. The molecule has 2 rings (SSSR count). The molecule has 0 fully saturated rings. The Morgan fingerprint density at radius 1 is 1.16 bits per heavy atom. The van der Waals surface area contributed by atoms with E-state index >= 15 is 0 Å². The molecule has 7 heteroatoms. The molecule has 1 atom stereocenters. The standard InChI is InChI=1S/C12H14FN5S/c1-6(14)7-2-3-9(8(13)4-7)19-12-17-10(15)5-11(16)18-12/h2-6H,14H2,1H3,(H4,15,16,17,18)/t6-/m1/s1. The fourth-order valence-electron chi connectivity index (χ4n) is 1.49. The van der Waals surface area contributed by atoms with E-state index in [1.807, 2.05) is 0 Å². The Morgan fingerprint density at radius 2 is 1.79 bits per heavy atom. The molecule has 100 valence electrons. The summed E-state index contributed by atoms with van der Waals surface area (Å²) in [5.41, 5.74) is 17.5. The monoisotopic (exact) mass is 279 g/mol. The van der Waals surface area contributed by atoms with Gasteiger partial charge in [-0.25, -0.2) is 14.4 Å². The maximum absolute atomic E-state index is 13.9. The van der Waals surface area contributed by atoms with Crippen LogP contribution in [0.25, 0.3) is 0 Å². The summed E-state index contributed by atoms with van der Waals surface area (Å²) in [6, 6.07) is 6.04. The van der Waals surface area contributed by atoms with Crippen LogP contribution in [0, 0.1) is 5.82 Å². The highest BCUT2D eigenvalue weighted by atomic mass is 32.2. The Labute approximate surface area is 114 Å². The number of rotatable bonds is 3. The molecule has 0 bridgehead atoms. The molecule has 0 amide bonds. The first-order valence-electron chi connectivity index (χ1n) is 5.58. The van der Waals surface area contributed by atoms with Crippen LogP contribution in [-0.2, 0) is 0 Å².